The van der Waals surface area contributed by atoms with Crippen LogP contribution in [-0.4, -0.2) is 40.7 Å². The first-order chi connectivity index (χ1) is 13.4. The second-order valence-electron chi connectivity index (χ2n) is 5.91. The van der Waals surface area contributed by atoms with Gasteiger partial charge in [0.1, 0.15) is 15.5 Å². The Morgan fingerprint density at radius 3 is 2.82 bits per heavy atom. The molecule has 28 heavy (non-hydrogen) atoms. The summed E-state index contributed by atoms with van der Waals surface area (Å²) in [5.74, 6) is 0.230. The normalized spacial score (nSPS) is 11.3. The van der Waals surface area contributed by atoms with E-state index in [-0.39, 0.29) is 17.9 Å². The lowest BCUT2D eigenvalue weighted by Crippen LogP contribution is -2.20. The van der Waals surface area contributed by atoms with Crippen LogP contribution in [0.4, 0.5) is 0 Å². The summed E-state index contributed by atoms with van der Waals surface area (Å²) in [4.78, 5) is 30.3. The molecule has 0 spiro atoms. The summed E-state index contributed by atoms with van der Waals surface area (Å²) < 4.78 is 11.3. The number of aromatic hydroxyl groups is 1. The van der Waals surface area contributed by atoms with E-state index < -0.39 is 5.97 Å². The number of aromatic nitrogens is 2. The van der Waals surface area contributed by atoms with Gasteiger partial charge in [-0.2, -0.15) is 9.78 Å². The standard InChI is InChI=1S/C19H19N3O5S/c1-5-27-19(25)16-10(2)15-17(28-16)21-11(3)22(18(15)24)20-9-12-6-7-13(23)14(8-12)26-4/h6-9,23H,5H2,1-4H3. The van der Waals surface area contributed by atoms with Crippen molar-refractivity contribution in [3.05, 3.63) is 50.4 Å². The van der Waals surface area contributed by atoms with E-state index in [0.717, 1.165) is 11.3 Å². The highest BCUT2D eigenvalue weighted by Crippen LogP contribution is 2.28. The Kier molecular flexibility index (Phi) is 5.46. The molecule has 3 rings (SSSR count). The van der Waals surface area contributed by atoms with Crippen LogP contribution in [0.2, 0.25) is 0 Å². The zero-order valence-corrected chi connectivity index (χ0v) is 16.7. The van der Waals surface area contributed by atoms with Gasteiger partial charge in [0.15, 0.2) is 11.5 Å². The largest absolute Gasteiger partial charge is 0.504 e. The van der Waals surface area contributed by atoms with Crippen LogP contribution in [0.3, 0.4) is 0 Å². The van der Waals surface area contributed by atoms with Gasteiger partial charge in [-0.25, -0.2) is 9.78 Å². The van der Waals surface area contributed by atoms with Crippen molar-refractivity contribution in [2.45, 2.75) is 20.8 Å². The summed E-state index contributed by atoms with van der Waals surface area (Å²) in [5.41, 5.74) is 0.801. The molecule has 0 saturated heterocycles. The molecule has 0 unspecified atom stereocenters. The number of carbonyl (C=O) groups is 1. The predicted molar refractivity (Wildman–Crippen MR) is 107 cm³/mol. The molecule has 146 valence electrons. The fourth-order valence-corrected chi connectivity index (χ4v) is 3.81. The van der Waals surface area contributed by atoms with Crippen molar-refractivity contribution in [1.29, 1.82) is 0 Å². The highest BCUT2D eigenvalue weighted by Gasteiger charge is 2.21. The van der Waals surface area contributed by atoms with Gasteiger partial charge in [0, 0.05) is 0 Å². The number of thiophene rings is 1. The summed E-state index contributed by atoms with van der Waals surface area (Å²) in [7, 11) is 1.45. The lowest BCUT2D eigenvalue weighted by Gasteiger charge is -2.05. The Morgan fingerprint density at radius 2 is 2.14 bits per heavy atom. The fraction of sp³-hybridized carbons (Fsp3) is 0.263. The summed E-state index contributed by atoms with van der Waals surface area (Å²) in [6, 6.07) is 4.72. The monoisotopic (exact) mass is 401 g/mol. The van der Waals surface area contributed by atoms with E-state index >= 15 is 0 Å². The van der Waals surface area contributed by atoms with Crippen LogP contribution in [0, 0.1) is 13.8 Å². The van der Waals surface area contributed by atoms with E-state index in [0.29, 0.717) is 37.8 Å². The molecule has 1 N–H and O–H groups in total. The van der Waals surface area contributed by atoms with Crippen molar-refractivity contribution in [2.75, 3.05) is 13.7 Å². The molecule has 0 radical (unpaired) electrons. The molecule has 2 aromatic heterocycles. The molecule has 0 amide bonds. The molecule has 0 aliphatic carbocycles. The average Bonchev–Trinajstić information content (AvgIpc) is 2.99. The lowest BCUT2D eigenvalue weighted by molar-refractivity contribution is 0.0531. The molecule has 9 heteroatoms. The van der Waals surface area contributed by atoms with Gasteiger partial charge in [0.2, 0.25) is 0 Å². The van der Waals surface area contributed by atoms with Gasteiger partial charge < -0.3 is 14.6 Å². The number of hydrogen-bond acceptors (Lipinski definition) is 8. The minimum atomic E-state index is -0.466. The number of benzene rings is 1. The molecule has 0 aliphatic heterocycles. The van der Waals surface area contributed by atoms with Crippen LogP contribution < -0.4 is 10.3 Å². The van der Waals surface area contributed by atoms with Crippen LogP contribution in [0.25, 0.3) is 10.2 Å². The minimum absolute atomic E-state index is 0.0106. The lowest BCUT2D eigenvalue weighted by atomic mass is 10.2. The van der Waals surface area contributed by atoms with Crippen molar-refractivity contribution in [2.24, 2.45) is 5.10 Å². The Morgan fingerprint density at radius 1 is 1.39 bits per heavy atom. The maximum Gasteiger partial charge on any atom is 0.348 e. The van der Waals surface area contributed by atoms with E-state index in [1.165, 1.54) is 24.1 Å². The molecule has 2 heterocycles. The summed E-state index contributed by atoms with van der Waals surface area (Å²) in [6.45, 7) is 5.34. The van der Waals surface area contributed by atoms with E-state index in [2.05, 4.69) is 10.1 Å². The average molecular weight is 401 g/mol. The number of hydrogen-bond donors (Lipinski definition) is 1. The number of fused-ring (bicyclic) bond motifs is 1. The van der Waals surface area contributed by atoms with Gasteiger partial charge in [-0.1, -0.05) is 0 Å². The van der Waals surface area contributed by atoms with Gasteiger partial charge in [0.05, 0.1) is 25.3 Å². The molecule has 0 bridgehead atoms. The van der Waals surface area contributed by atoms with Gasteiger partial charge >= 0.3 is 5.97 Å². The number of phenols is 1. The smallest absolute Gasteiger partial charge is 0.348 e. The third-order valence-electron chi connectivity index (χ3n) is 4.09. The third-order valence-corrected chi connectivity index (χ3v) is 5.26. The van der Waals surface area contributed by atoms with Gasteiger partial charge in [0.25, 0.3) is 5.56 Å². The van der Waals surface area contributed by atoms with Crippen LogP contribution in [0.1, 0.15) is 33.5 Å². The number of aryl methyl sites for hydroxylation is 2. The molecular formula is C19H19N3O5S. The van der Waals surface area contributed by atoms with E-state index in [4.69, 9.17) is 9.47 Å². The highest BCUT2D eigenvalue weighted by atomic mass is 32.1. The second-order valence-corrected chi connectivity index (χ2v) is 6.91. The molecule has 0 atom stereocenters. The van der Waals surface area contributed by atoms with Crippen LogP contribution in [0.15, 0.2) is 28.1 Å². The zero-order valence-electron chi connectivity index (χ0n) is 15.8. The van der Waals surface area contributed by atoms with Crippen molar-refractivity contribution >= 4 is 33.7 Å². The number of nitrogens with zero attached hydrogens (tertiary/aromatic N) is 3. The Balaban J connectivity index is 2.08. The number of rotatable bonds is 5. The first kappa shape index (κ1) is 19.6. The first-order valence-corrected chi connectivity index (χ1v) is 9.30. The molecular weight excluding hydrogens is 382 g/mol. The van der Waals surface area contributed by atoms with E-state index in [1.54, 1.807) is 32.9 Å². The third kappa shape index (κ3) is 3.48. The minimum Gasteiger partial charge on any atom is -0.504 e. The van der Waals surface area contributed by atoms with Crippen LogP contribution >= 0.6 is 11.3 Å². The van der Waals surface area contributed by atoms with Crippen molar-refractivity contribution in [3.63, 3.8) is 0 Å². The second kappa shape index (κ2) is 7.81. The molecule has 0 saturated carbocycles. The number of carbonyl (C=O) groups excluding carboxylic acids is 1. The van der Waals surface area contributed by atoms with Crippen molar-refractivity contribution < 1.29 is 19.4 Å². The Bertz CT molecular complexity index is 1150. The first-order valence-electron chi connectivity index (χ1n) is 8.48. The predicted octanol–water partition coefficient (Wildman–Crippen LogP) is 2.85. The highest BCUT2D eigenvalue weighted by molar-refractivity contribution is 7.20. The van der Waals surface area contributed by atoms with Gasteiger partial charge in [-0.3, -0.25) is 4.79 Å². The molecule has 8 nitrogen and oxygen atoms in total. The Hall–Kier alpha value is -3.20. The number of ether oxygens (including phenoxy) is 2. The Labute approximate surface area is 164 Å². The van der Waals surface area contributed by atoms with E-state index in [1.807, 2.05) is 0 Å². The van der Waals surface area contributed by atoms with Gasteiger partial charge in [-0.15, -0.1) is 11.3 Å². The van der Waals surface area contributed by atoms with Crippen LogP contribution in [-0.2, 0) is 4.74 Å². The zero-order chi connectivity index (χ0) is 20.4. The number of esters is 1. The van der Waals surface area contributed by atoms with Crippen molar-refractivity contribution in [3.8, 4) is 11.5 Å². The topological polar surface area (TPSA) is 103 Å². The van der Waals surface area contributed by atoms with Crippen molar-refractivity contribution in [1.82, 2.24) is 9.66 Å². The number of methoxy groups -OCH3 is 1. The quantitative estimate of drug-likeness (QED) is 0.521. The summed E-state index contributed by atoms with van der Waals surface area (Å²) >= 11 is 1.13. The van der Waals surface area contributed by atoms with E-state index in [9.17, 15) is 14.7 Å². The molecule has 0 aliphatic rings. The van der Waals surface area contributed by atoms with Gasteiger partial charge in [-0.05, 0) is 50.1 Å². The maximum absolute atomic E-state index is 13.0. The SMILES string of the molecule is CCOC(=O)c1sc2nc(C)n(N=Cc3ccc(O)c(OC)c3)c(=O)c2c1C. The number of phenolic OH excluding ortho intramolecular Hbond substituents is 1. The van der Waals surface area contributed by atoms with Crippen LogP contribution in [0.5, 0.6) is 11.5 Å². The molecule has 3 aromatic rings. The summed E-state index contributed by atoms with van der Waals surface area (Å²) in [5, 5.41) is 14.2. The fourth-order valence-electron chi connectivity index (χ4n) is 2.70. The maximum atomic E-state index is 13.0. The summed E-state index contributed by atoms with van der Waals surface area (Å²) in [6.07, 6.45) is 1.47. The molecule has 1 aromatic carbocycles. The molecule has 0 fully saturated rings.